The van der Waals surface area contributed by atoms with Gasteiger partial charge in [0.2, 0.25) is 0 Å². The van der Waals surface area contributed by atoms with E-state index in [1.807, 2.05) is 0 Å². The van der Waals surface area contributed by atoms with Crippen molar-refractivity contribution in [1.29, 1.82) is 0 Å². The number of aromatic nitrogens is 1. The van der Waals surface area contributed by atoms with Crippen LogP contribution in [0.5, 0.6) is 0 Å². The van der Waals surface area contributed by atoms with Crippen LogP contribution in [0.3, 0.4) is 0 Å². The molecule has 102 valence electrons. The van der Waals surface area contributed by atoms with Crippen LogP contribution in [0, 0.1) is 0 Å². The summed E-state index contributed by atoms with van der Waals surface area (Å²) >= 11 is 0. The Kier molecular flexibility index (Phi) is 4.81. The van der Waals surface area contributed by atoms with Crippen molar-refractivity contribution in [2.75, 3.05) is 5.32 Å². The Labute approximate surface area is 107 Å². The van der Waals surface area contributed by atoms with E-state index < -0.39 is 23.9 Å². The predicted molar refractivity (Wildman–Crippen MR) is 63.1 cm³/mol. The van der Waals surface area contributed by atoms with Gasteiger partial charge in [-0.3, -0.25) is 4.79 Å². The van der Waals surface area contributed by atoms with Gasteiger partial charge < -0.3 is 20.6 Å². The Morgan fingerprint density at radius 1 is 1.26 bits per heavy atom. The highest BCUT2D eigenvalue weighted by Crippen LogP contribution is 2.14. The lowest BCUT2D eigenvalue weighted by Crippen LogP contribution is -2.31. The molecule has 1 rings (SSSR count). The molecule has 1 aromatic rings. The van der Waals surface area contributed by atoms with E-state index in [9.17, 15) is 14.4 Å². The highest BCUT2D eigenvalue weighted by molar-refractivity contribution is 5.93. The van der Waals surface area contributed by atoms with Crippen molar-refractivity contribution in [1.82, 2.24) is 4.98 Å². The van der Waals surface area contributed by atoms with Gasteiger partial charge in [-0.1, -0.05) is 0 Å². The maximum atomic E-state index is 11.0. The molecule has 0 aromatic carbocycles. The molecule has 19 heavy (non-hydrogen) atoms. The van der Waals surface area contributed by atoms with Crippen LogP contribution in [0.15, 0.2) is 18.3 Å². The quantitative estimate of drug-likeness (QED) is 0.561. The van der Waals surface area contributed by atoms with Gasteiger partial charge in [-0.25, -0.2) is 14.6 Å². The van der Waals surface area contributed by atoms with Gasteiger partial charge in [-0.2, -0.15) is 0 Å². The van der Waals surface area contributed by atoms with Crippen LogP contribution in [0.25, 0.3) is 0 Å². The maximum Gasteiger partial charge on any atom is 0.339 e. The van der Waals surface area contributed by atoms with Crippen molar-refractivity contribution >= 4 is 23.7 Å². The van der Waals surface area contributed by atoms with E-state index in [2.05, 4.69) is 10.3 Å². The summed E-state index contributed by atoms with van der Waals surface area (Å²) in [5.74, 6) is -3.76. The van der Waals surface area contributed by atoms with Crippen LogP contribution in [-0.4, -0.2) is 44.3 Å². The van der Waals surface area contributed by atoms with Crippen LogP contribution in [0.4, 0.5) is 5.82 Å². The van der Waals surface area contributed by atoms with Gasteiger partial charge in [0.1, 0.15) is 17.4 Å². The lowest BCUT2D eigenvalue weighted by Gasteiger charge is -2.15. The molecule has 0 saturated carbocycles. The number of hydrogen-bond donors (Lipinski definition) is 4. The van der Waals surface area contributed by atoms with Crippen LogP contribution >= 0.6 is 0 Å². The van der Waals surface area contributed by atoms with Crippen molar-refractivity contribution in [2.45, 2.75) is 18.9 Å². The molecule has 4 N–H and O–H groups in total. The standard InChI is InChI=1S/C11H12N2O6/c14-8(15)4-3-7(11(18)19)13-9-6(10(16)17)2-1-5-12-9/h1-2,5,7H,3-4H2,(H,12,13)(H,14,15)(H,16,17)(H,18,19). The number of carboxylic acids is 3. The van der Waals surface area contributed by atoms with E-state index in [0.717, 1.165) is 0 Å². The number of carbonyl (C=O) groups is 3. The van der Waals surface area contributed by atoms with Crippen molar-refractivity contribution < 1.29 is 29.7 Å². The molecular formula is C11H12N2O6. The molecule has 1 aromatic heterocycles. The average molecular weight is 268 g/mol. The molecule has 0 bridgehead atoms. The number of nitrogens with zero attached hydrogens (tertiary/aromatic N) is 1. The van der Waals surface area contributed by atoms with Crippen molar-refractivity contribution in [3.8, 4) is 0 Å². The average Bonchev–Trinajstić information content (AvgIpc) is 2.34. The van der Waals surface area contributed by atoms with Gasteiger partial charge in [0.15, 0.2) is 0 Å². The first-order valence-electron chi connectivity index (χ1n) is 5.31. The molecule has 0 aliphatic heterocycles. The first-order valence-corrected chi connectivity index (χ1v) is 5.31. The Bertz CT molecular complexity index is 502. The molecule has 1 heterocycles. The van der Waals surface area contributed by atoms with Crippen LogP contribution in [-0.2, 0) is 9.59 Å². The van der Waals surface area contributed by atoms with E-state index in [1.165, 1.54) is 18.3 Å². The second kappa shape index (κ2) is 6.34. The van der Waals surface area contributed by atoms with Crippen molar-refractivity contribution in [3.05, 3.63) is 23.9 Å². The summed E-state index contributed by atoms with van der Waals surface area (Å²) in [5, 5.41) is 28.8. The predicted octanol–water partition coefficient (Wildman–Crippen LogP) is 0.510. The zero-order valence-electron chi connectivity index (χ0n) is 9.74. The fourth-order valence-electron chi connectivity index (χ4n) is 1.38. The molecule has 1 unspecified atom stereocenters. The highest BCUT2D eigenvalue weighted by Gasteiger charge is 2.21. The number of pyridine rings is 1. The van der Waals surface area contributed by atoms with Gasteiger partial charge in [0, 0.05) is 12.6 Å². The monoisotopic (exact) mass is 268 g/mol. The first kappa shape index (κ1) is 14.4. The van der Waals surface area contributed by atoms with E-state index >= 15 is 0 Å². The molecule has 0 aliphatic carbocycles. The summed E-state index contributed by atoms with van der Waals surface area (Å²) < 4.78 is 0. The SMILES string of the molecule is O=C(O)CCC(Nc1ncccc1C(=O)O)C(=O)O. The molecule has 0 radical (unpaired) electrons. The van der Waals surface area contributed by atoms with E-state index in [-0.39, 0.29) is 24.2 Å². The molecule has 0 saturated heterocycles. The minimum Gasteiger partial charge on any atom is -0.481 e. The zero-order valence-corrected chi connectivity index (χ0v) is 9.74. The Balaban J connectivity index is 2.87. The third kappa shape index (κ3) is 4.26. The fourth-order valence-corrected chi connectivity index (χ4v) is 1.38. The van der Waals surface area contributed by atoms with Gasteiger partial charge in [0.05, 0.1) is 0 Å². The highest BCUT2D eigenvalue weighted by atomic mass is 16.4. The summed E-state index contributed by atoms with van der Waals surface area (Å²) in [7, 11) is 0. The zero-order chi connectivity index (χ0) is 14.4. The summed E-state index contributed by atoms with van der Waals surface area (Å²) in [5.41, 5.74) is -0.177. The second-order valence-electron chi connectivity index (χ2n) is 3.67. The van der Waals surface area contributed by atoms with E-state index in [1.54, 1.807) is 0 Å². The second-order valence-corrected chi connectivity index (χ2v) is 3.67. The minimum atomic E-state index is -1.27. The molecule has 0 fully saturated rings. The number of hydrogen-bond acceptors (Lipinski definition) is 5. The molecular weight excluding hydrogens is 256 g/mol. The third-order valence-electron chi connectivity index (χ3n) is 2.29. The molecule has 8 nitrogen and oxygen atoms in total. The summed E-state index contributed by atoms with van der Waals surface area (Å²) in [4.78, 5) is 36.1. The van der Waals surface area contributed by atoms with Crippen LogP contribution < -0.4 is 5.32 Å². The molecule has 0 spiro atoms. The molecule has 0 amide bonds. The smallest absolute Gasteiger partial charge is 0.339 e. The van der Waals surface area contributed by atoms with Gasteiger partial charge in [-0.05, 0) is 18.6 Å². The van der Waals surface area contributed by atoms with Crippen LogP contribution in [0.2, 0.25) is 0 Å². The molecule has 0 aliphatic rings. The summed E-state index contributed by atoms with van der Waals surface area (Å²) in [6, 6.07) is 1.46. The Morgan fingerprint density at radius 2 is 1.95 bits per heavy atom. The Hall–Kier alpha value is -2.64. The number of anilines is 1. The van der Waals surface area contributed by atoms with E-state index in [0.29, 0.717) is 0 Å². The normalized spacial score (nSPS) is 11.6. The number of aliphatic carboxylic acids is 2. The van der Waals surface area contributed by atoms with Crippen molar-refractivity contribution in [2.24, 2.45) is 0 Å². The maximum absolute atomic E-state index is 11.0. The van der Waals surface area contributed by atoms with Gasteiger partial charge >= 0.3 is 17.9 Å². The van der Waals surface area contributed by atoms with Crippen LogP contribution in [0.1, 0.15) is 23.2 Å². The largest absolute Gasteiger partial charge is 0.481 e. The van der Waals surface area contributed by atoms with Crippen molar-refractivity contribution in [3.63, 3.8) is 0 Å². The summed E-state index contributed by atoms with van der Waals surface area (Å²) in [6.07, 6.45) is 0.782. The fraction of sp³-hybridized carbons (Fsp3) is 0.273. The number of nitrogens with one attached hydrogen (secondary N) is 1. The number of carboxylic acid groups (broad SMARTS) is 3. The lowest BCUT2D eigenvalue weighted by atomic mass is 10.1. The lowest BCUT2D eigenvalue weighted by molar-refractivity contribution is -0.139. The van der Waals surface area contributed by atoms with Gasteiger partial charge in [0.25, 0.3) is 0 Å². The topological polar surface area (TPSA) is 137 Å². The molecule has 8 heteroatoms. The van der Waals surface area contributed by atoms with Gasteiger partial charge in [-0.15, -0.1) is 0 Å². The Morgan fingerprint density at radius 3 is 2.47 bits per heavy atom. The number of rotatable bonds is 7. The number of aromatic carboxylic acids is 1. The van der Waals surface area contributed by atoms with E-state index in [4.69, 9.17) is 15.3 Å². The first-order chi connectivity index (χ1) is 8.91. The summed E-state index contributed by atoms with van der Waals surface area (Å²) in [6.45, 7) is 0. The minimum absolute atomic E-state index is 0.104. The molecule has 1 atom stereocenters. The third-order valence-corrected chi connectivity index (χ3v) is 2.29.